The van der Waals surface area contributed by atoms with Gasteiger partial charge in [0.1, 0.15) is 0 Å². The second-order valence-electron chi connectivity index (χ2n) is 4.67. The number of nitrogens with one attached hydrogen (secondary N) is 1. The van der Waals surface area contributed by atoms with Crippen molar-refractivity contribution in [1.29, 1.82) is 0 Å². The number of nitrogens with two attached hydrogens (primary N) is 1. The lowest BCUT2D eigenvalue weighted by atomic mass is 10.0. The fraction of sp³-hybridized carbons (Fsp3) is 0.333. The number of thiophene rings is 1. The lowest BCUT2D eigenvalue weighted by Crippen LogP contribution is -2.36. The normalized spacial score (nSPS) is 12.6. The molecule has 2 nitrogen and oxygen atoms in total. The molecule has 3 heteroatoms. The van der Waals surface area contributed by atoms with Gasteiger partial charge in [-0.25, -0.2) is 0 Å². The molecule has 1 aromatic heterocycles. The van der Waals surface area contributed by atoms with Gasteiger partial charge in [0.05, 0.1) is 0 Å². The topological polar surface area (TPSA) is 38.0 Å². The van der Waals surface area contributed by atoms with Crippen LogP contribution in [0, 0.1) is 6.92 Å². The fourth-order valence-electron chi connectivity index (χ4n) is 2.01. The van der Waals surface area contributed by atoms with Crippen LogP contribution in [0.2, 0.25) is 0 Å². The number of hydrogen-bond donors (Lipinski definition) is 2. The Hall–Kier alpha value is -1.16. The van der Waals surface area contributed by atoms with Crippen LogP contribution in [0.1, 0.15) is 22.4 Å². The van der Waals surface area contributed by atoms with E-state index in [-0.39, 0.29) is 0 Å². The molecule has 0 saturated heterocycles. The summed E-state index contributed by atoms with van der Waals surface area (Å²) in [7, 11) is 0. The molecule has 1 unspecified atom stereocenters. The third kappa shape index (κ3) is 3.95. The molecule has 0 aliphatic carbocycles. The highest BCUT2D eigenvalue weighted by molar-refractivity contribution is 7.09. The van der Waals surface area contributed by atoms with Crippen LogP contribution in [-0.2, 0) is 12.8 Å². The number of rotatable bonds is 6. The molecule has 0 radical (unpaired) electrons. The van der Waals surface area contributed by atoms with E-state index < -0.39 is 0 Å². The van der Waals surface area contributed by atoms with Crippen molar-refractivity contribution in [2.75, 3.05) is 0 Å². The quantitative estimate of drug-likeness (QED) is 0.619. The number of hydrogen-bond acceptors (Lipinski definition) is 3. The lowest BCUT2D eigenvalue weighted by Gasteiger charge is -2.14. The summed E-state index contributed by atoms with van der Waals surface area (Å²) in [5.41, 5.74) is 5.62. The van der Waals surface area contributed by atoms with Gasteiger partial charge in [-0.1, -0.05) is 35.9 Å². The highest BCUT2D eigenvalue weighted by Crippen LogP contribution is 2.14. The van der Waals surface area contributed by atoms with Gasteiger partial charge >= 0.3 is 0 Å². The van der Waals surface area contributed by atoms with Gasteiger partial charge in [-0.15, -0.1) is 11.3 Å². The molecule has 3 N–H and O–H groups in total. The van der Waals surface area contributed by atoms with Gasteiger partial charge in [0.15, 0.2) is 0 Å². The predicted molar refractivity (Wildman–Crippen MR) is 78.6 cm³/mol. The largest absolute Gasteiger partial charge is 0.271 e. The van der Waals surface area contributed by atoms with E-state index in [0.29, 0.717) is 6.04 Å². The van der Waals surface area contributed by atoms with E-state index >= 15 is 0 Å². The van der Waals surface area contributed by atoms with Crippen LogP contribution in [-0.4, -0.2) is 6.04 Å². The maximum absolute atomic E-state index is 5.63. The van der Waals surface area contributed by atoms with Crippen molar-refractivity contribution in [2.24, 2.45) is 5.84 Å². The number of aryl methyl sites for hydroxylation is 2. The van der Waals surface area contributed by atoms with Crippen molar-refractivity contribution in [2.45, 2.75) is 32.2 Å². The Bertz CT molecular complexity index is 448. The van der Waals surface area contributed by atoms with Crippen molar-refractivity contribution >= 4 is 11.3 Å². The van der Waals surface area contributed by atoms with Crippen molar-refractivity contribution in [1.82, 2.24) is 5.43 Å². The maximum Gasteiger partial charge on any atom is 0.0261 e. The average molecular weight is 260 g/mol. The van der Waals surface area contributed by atoms with Gasteiger partial charge in [-0.2, -0.15) is 0 Å². The molecule has 0 aliphatic rings. The molecule has 0 fully saturated rings. The average Bonchev–Trinajstić information content (AvgIpc) is 2.89. The third-order valence-corrected chi connectivity index (χ3v) is 4.06. The third-order valence-electron chi connectivity index (χ3n) is 3.17. The highest BCUT2D eigenvalue weighted by Gasteiger charge is 2.08. The van der Waals surface area contributed by atoms with Crippen LogP contribution >= 0.6 is 11.3 Å². The Morgan fingerprint density at radius 1 is 1.22 bits per heavy atom. The number of hydrazine groups is 1. The summed E-state index contributed by atoms with van der Waals surface area (Å²) in [4.78, 5) is 1.39. The Morgan fingerprint density at radius 3 is 2.61 bits per heavy atom. The van der Waals surface area contributed by atoms with E-state index in [0.717, 1.165) is 19.3 Å². The second-order valence-corrected chi connectivity index (χ2v) is 5.70. The molecule has 2 aromatic rings. The summed E-state index contributed by atoms with van der Waals surface area (Å²) in [6.45, 7) is 2.12. The van der Waals surface area contributed by atoms with E-state index in [1.54, 1.807) is 11.3 Å². The smallest absolute Gasteiger partial charge is 0.0261 e. The van der Waals surface area contributed by atoms with E-state index in [9.17, 15) is 0 Å². The molecule has 0 bridgehead atoms. The zero-order valence-corrected chi connectivity index (χ0v) is 11.5. The summed E-state index contributed by atoms with van der Waals surface area (Å²) in [5.74, 6) is 5.63. The van der Waals surface area contributed by atoms with Crippen molar-refractivity contribution in [3.63, 3.8) is 0 Å². The van der Waals surface area contributed by atoms with Gasteiger partial charge in [0, 0.05) is 10.9 Å². The first-order valence-electron chi connectivity index (χ1n) is 6.32. The SMILES string of the molecule is Cc1ccc(CCC(Cc2cccs2)NN)cc1. The molecule has 1 aromatic carbocycles. The lowest BCUT2D eigenvalue weighted by molar-refractivity contribution is 0.494. The van der Waals surface area contributed by atoms with Crippen LogP contribution in [0.25, 0.3) is 0 Å². The van der Waals surface area contributed by atoms with Gasteiger partial charge in [0.2, 0.25) is 0 Å². The molecular formula is C15H20N2S. The first-order valence-corrected chi connectivity index (χ1v) is 7.20. The minimum absolute atomic E-state index is 0.352. The minimum Gasteiger partial charge on any atom is -0.271 e. The molecular weight excluding hydrogens is 240 g/mol. The summed E-state index contributed by atoms with van der Waals surface area (Å²) in [6.07, 6.45) is 3.15. The van der Waals surface area contributed by atoms with Crippen molar-refractivity contribution < 1.29 is 0 Å². The van der Waals surface area contributed by atoms with E-state index in [4.69, 9.17) is 5.84 Å². The van der Waals surface area contributed by atoms with Crippen LogP contribution < -0.4 is 11.3 Å². The molecule has 18 heavy (non-hydrogen) atoms. The van der Waals surface area contributed by atoms with Gasteiger partial charge in [-0.05, 0) is 43.2 Å². The molecule has 1 heterocycles. The molecule has 96 valence electrons. The molecule has 0 amide bonds. The summed E-state index contributed by atoms with van der Waals surface area (Å²) in [6, 6.07) is 13.3. The summed E-state index contributed by atoms with van der Waals surface area (Å²) >= 11 is 1.79. The zero-order valence-electron chi connectivity index (χ0n) is 10.7. The first-order chi connectivity index (χ1) is 8.78. The highest BCUT2D eigenvalue weighted by atomic mass is 32.1. The van der Waals surface area contributed by atoms with E-state index in [1.165, 1.54) is 16.0 Å². The second kappa shape index (κ2) is 6.69. The first kappa shape index (κ1) is 13.3. The molecule has 2 rings (SSSR count). The van der Waals surface area contributed by atoms with Crippen molar-refractivity contribution in [3.8, 4) is 0 Å². The van der Waals surface area contributed by atoms with Crippen molar-refractivity contribution in [3.05, 3.63) is 57.8 Å². The Morgan fingerprint density at radius 2 is 2.00 bits per heavy atom. The minimum atomic E-state index is 0.352. The predicted octanol–water partition coefficient (Wildman–Crippen LogP) is 3.06. The van der Waals surface area contributed by atoms with Gasteiger partial charge in [0.25, 0.3) is 0 Å². The van der Waals surface area contributed by atoms with Gasteiger partial charge in [-0.3, -0.25) is 11.3 Å². The Labute approximate surface area is 113 Å². The maximum atomic E-state index is 5.63. The monoisotopic (exact) mass is 260 g/mol. The van der Waals surface area contributed by atoms with Crippen LogP contribution in [0.5, 0.6) is 0 Å². The number of benzene rings is 1. The van der Waals surface area contributed by atoms with Crippen LogP contribution in [0.15, 0.2) is 41.8 Å². The molecule has 0 aliphatic heterocycles. The molecule has 0 saturated carbocycles. The van der Waals surface area contributed by atoms with E-state index in [2.05, 4.69) is 54.1 Å². The summed E-state index contributed by atoms with van der Waals surface area (Å²) in [5, 5.41) is 2.11. The van der Waals surface area contributed by atoms with Crippen LogP contribution in [0.4, 0.5) is 0 Å². The summed E-state index contributed by atoms with van der Waals surface area (Å²) < 4.78 is 0. The van der Waals surface area contributed by atoms with Crippen LogP contribution in [0.3, 0.4) is 0 Å². The van der Waals surface area contributed by atoms with Gasteiger partial charge < -0.3 is 0 Å². The standard InChI is InChI=1S/C15H20N2S/c1-12-4-6-13(7-5-12)8-9-14(17-16)11-15-3-2-10-18-15/h2-7,10,14,17H,8-9,11,16H2,1H3. The fourth-order valence-corrected chi connectivity index (χ4v) is 2.80. The Balaban J connectivity index is 1.85. The molecule has 1 atom stereocenters. The van der Waals surface area contributed by atoms with E-state index in [1.807, 2.05) is 0 Å². The Kier molecular flexibility index (Phi) is 4.93. The molecule has 0 spiro atoms. The zero-order chi connectivity index (χ0) is 12.8.